The standard InChI is InChI=1S/C19H24N2O5/c1-12(2)14-5-3-4-6-16(14)25-11-13(22)9-21-8-7-17-15(10-21)18(19(23)24)20-26-17/h3-6,12-13,22H,7-11H2,1-2H3,(H,23,24). The summed E-state index contributed by atoms with van der Waals surface area (Å²) >= 11 is 0. The van der Waals surface area contributed by atoms with Crippen LogP contribution in [0.3, 0.4) is 0 Å². The zero-order valence-corrected chi connectivity index (χ0v) is 15.0. The molecule has 1 atom stereocenters. The van der Waals surface area contributed by atoms with Gasteiger partial charge in [-0.15, -0.1) is 0 Å². The predicted molar refractivity (Wildman–Crippen MR) is 94.5 cm³/mol. The van der Waals surface area contributed by atoms with E-state index in [-0.39, 0.29) is 12.3 Å². The van der Waals surface area contributed by atoms with Gasteiger partial charge in [-0.25, -0.2) is 4.79 Å². The SMILES string of the molecule is CC(C)c1ccccc1OCC(O)CN1CCc2onc(C(=O)O)c2C1. The van der Waals surface area contributed by atoms with Crippen LogP contribution in [0.5, 0.6) is 5.75 Å². The van der Waals surface area contributed by atoms with E-state index < -0.39 is 12.1 Å². The van der Waals surface area contributed by atoms with E-state index in [1.807, 2.05) is 29.2 Å². The molecule has 140 valence electrons. The highest BCUT2D eigenvalue weighted by molar-refractivity contribution is 5.87. The number of hydrogen-bond acceptors (Lipinski definition) is 6. The number of fused-ring (bicyclic) bond motifs is 1. The molecular formula is C19H24N2O5. The van der Waals surface area contributed by atoms with Gasteiger partial charge in [0.05, 0.1) is 0 Å². The summed E-state index contributed by atoms with van der Waals surface area (Å²) < 4.78 is 10.9. The van der Waals surface area contributed by atoms with Crippen LogP contribution in [0, 0.1) is 0 Å². The number of nitrogens with zero attached hydrogens (tertiary/aromatic N) is 2. The first kappa shape index (κ1) is 18.4. The Balaban J connectivity index is 1.57. The highest BCUT2D eigenvalue weighted by Crippen LogP contribution is 2.26. The second kappa shape index (κ2) is 7.88. The lowest BCUT2D eigenvalue weighted by Gasteiger charge is -2.28. The summed E-state index contributed by atoms with van der Waals surface area (Å²) in [7, 11) is 0. The van der Waals surface area contributed by atoms with Gasteiger partial charge in [0.25, 0.3) is 0 Å². The van der Waals surface area contributed by atoms with Gasteiger partial charge < -0.3 is 19.5 Å². The molecule has 0 saturated carbocycles. The van der Waals surface area contributed by atoms with Crippen molar-refractivity contribution in [2.75, 3.05) is 19.7 Å². The van der Waals surface area contributed by atoms with Crippen molar-refractivity contribution < 1.29 is 24.3 Å². The van der Waals surface area contributed by atoms with Crippen molar-refractivity contribution in [3.63, 3.8) is 0 Å². The Hall–Kier alpha value is -2.38. The number of carboxylic acid groups (broad SMARTS) is 1. The van der Waals surface area contributed by atoms with Gasteiger partial charge >= 0.3 is 5.97 Å². The lowest BCUT2D eigenvalue weighted by Crippen LogP contribution is -2.39. The number of carboxylic acids is 1. The molecule has 7 heteroatoms. The summed E-state index contributed by atoms with van der Waals surface area (Å²) in [5.74, 6) is 0.655. The van der Waals surface area contributed by atoms with Gasteiger partial charge in [-0.1, -0.05) is 37.2 Å². The summed E-state index contributed by atoms with van der Waals surface area (Å²) in [6.07, 6.45) is -0.0933. The minimum atomic E-state index is -1.09. The first-order valence-electron chi connectivity index (χ1n) is 8.78. The monoisotopic (exact) mass is 360 g/mol. The molecule has 3 rings (SSSR count). The van der Waals surface area contributed by atoms with E-state index in [2.05, 4.69) is 19.0 Å². The molecule has 0 saturated heterocycles. The Kier molecular flexibility index (Phi) is 5.58. The minimum absolute atomic E-state index is 0.0405. The Bertz CT molecular complexity index is 771. The van der Waals surface area contributed by atoms with Crippen molar-refractivity contribution in [1.82, 2.24) is 10.1 Å². The van der Waals surface area contributed by atoms with Crippen molar-refractivity contribution >= 4 is 5.97 Å². The van der Waals surface area contributed by atoms with Crippen molar-refractivity contribution in [1.29, 1.82) is 0 Å². The van der Waals surface area contributed by atoms with Crippen molar-refractivity contribution in [2.24, 2.45) is 0 Å². The minimum Gasteiger partial charge on any atom is -0.491 e. The Morgan fingerprint density at radius 1 is 1.38 bits per heavy atom. The van der Waals surface area contributed by atoms with Crippen LogP contribution in [0.4, 0.5) is 0 Å². The van der Waals surface area contributed by atoms with Gasteiger partial charge in [0.2, 0.25) is 0 Å². The molecule has 1 unspecified atom stereocenters. The molecule has 0 bridgehead atoms. The molecule has 1 aliphatic rings. The lowest BCUT2D eigenvalue weighted by atomic mass is 10.0. The van der Waals surface area contributed by atoms with Crippen molar-refractivity contribution in [3.05, 3.63) is 46.8 Å². The summed E-state index contributed by atoms with van der Waals surface area (Å²) in [5.41, 5.74) is 1.67. The summed E-state index contributed by atoms with van der Waals surface area (Å²) in [5, 5.41) is 23.1. The number of ether oxygens (including phenoxy) is 1. The zero-order chi connectivity index (χ0) is 18.7. The predicted octanol–water partition coefficient (Wildman–Crippen LogP) is 2.29. The zero-order valence-electron chi connectivity index (χ0n) is 15.0. The largest absolute Gasteiger partial charge is 0.491 e. The van der Waals surface area contributed by atoms with Crippen LogP contribution < -0.4 is 4.74 Å². The van der Waals surface area contributed by atoms with Crippen LogP contribution in [0.2, 0.25) is 0 Å². The van der Waals surface area contributed by atoms with E-state index in [0.717, 1.165) is 11.3 Å². The molecule has 1 aliphatic heterocycles. The maximum Gasteiger partial charge on any atom is 0.358 e. The topological polar surface area (TPSA) is 96.0 Å². The fourth-order valence-electron chi connectivity index (χ4n) is 3.21. The molecule has 1 aromatic heterocycles. The second-order valence-electron chi connectivity index (χ2n) is 6.88. The average Bonchev–Trinajstić information content (AvgIpc) is 3.03. The fraction of sp³-hybridized carbons (Fsp3) is 0.474. The Morgan fingerprint density at radius 2 is 2.15 bits per heavy atom. The number of para-hydroxylation sites is 1. The second-order valence-corrected chi connectivity index (χ2v) is 6.88. The molecule has 0 amide bonds. The van der Waals surface area contributed by atoms with E-state index in [4.69, 9.17) is 14.4 Å². The van der Waals surface area contributed by atoms with Gasteiger partial charge in [-0.05, 0) is 17.5 Å². The number of aliphatic hydroxyl groups is 1. The first-order valence-corrected chi connectivity index (χ1v) is 8.78. The van der Waals surface area contributed by atoms with Gasteiger partial charge in [-0.3, -0.25) is 4.90 Å². The van der Waals surface area contributed by atoms with Gasteiger partial charge in [0, 0.05) is 31.6 Å². The maximum atomic E-state index is 11.2. The third-order valence-electron chi connectivity index (χ3n) is 4.55. The molecule has 0 aliphatic carbocycles. The number of carbonyl (C=O) groups is 1. The molecule has 0 spiro atoms. The van der Waals surface area contributed by atoms with Crippen molar-refractivity contribution in [3.8, 4) is 5.75 Å². The number of benzene rings is 1. The highest BCUT2D eigenvalue weighted by atomic mass is 16.5. The quantitative estimate of drug-likeness (QED) is 0.782. The fourth-order valence-corrected chi connectivity index (χ4v) is 3.21. The van der Waals surface area contributed by atoms with Crippen LogP contribution in [0.1, 0.15) is 47.1 Å². The summed E-state index contributed by atoms with van der Waals surface area (Å²) in [6, 6.07) is 7.82. The van der Waals surface area contributed by atoms with E-state index in [9.17, 15) is 9.90 Å². The number of rotatable bonds is 7. The van der Waals surface area contributed by atoms with Crippen LogP contribution >= 0.6 is 0 Å². The van der Waals surface area contributed by atoms with Crippen LogP contribution in [0.15, 0.2) is 28.8 Å². The number of aromatic carboxylic acids is 1. The van der Waals surface area contributed by atoms with Crippen LogP contribution in [-0.2, 0) is 13.0 Å². The van der Waals surface area contributed by atoms with Crippen LogP contribution in [0.25, 0.3) is 0 Å². The van der Waals surface area contributed by atoms with E-state index in [1.165, 1.54) is 0 Å². The average molecular weight is 360 g/mol. The highest BCUT2D eigenvalue weighted by Gasteiger charge is 2.28. The summed E-state index contributed by atoms with van der Waals surface area (Å²) in [4.78, 5) is 13.2. The number of β-amino-alcohol motifs (C(OH)–C–C–N with tert-alkyl or cyclic N) is 1. The lowest BCUT2D eigenvalue weighted by molar-refractivity contribution is 0.0616. The van der Waals surface area contributed by atoms with Gasteiger partial charge in [-0.2, -0.15) is 0 Å². The summed E-state index contributed by atoms with van der Waals surface area (Å²) in [6.45, 7) is 5.86. The smallest absolute Gasteiger partial charge is 0.358 e. The third-order valence-corrected chi connectivity index (χ3v) is 4.55. The molecule has 2 heterocycles. The van der Waals surface area contributed by atoms with E-state index in [0.29, 0.717) is 43.3 Å². The number of hydrogen-bond donors (Lipinski definition) is 2. The van der Waals surface area contributed by atoms with Gasteiger partial charge in [0.1, 0.15) is 24.2 Å². The molecule has 0 radical (unpaired) electrons. The number of aromatic nitrogens is 1. The Labute approximate surface area is 152 Å². The van der Waals surface area contributed by atoms with E-state index >= 15 is 0 Å². The molecule has 1 aromatic carbocycles. The van der Waals surface area contributed by atoms with Gasteiger partial charge in [0.15, 0.2) is 5.69 Å². The van der Waals surface area contributed by atoms with Crippen LogP contribution in [-0.4, -0.2) is 52.0 Å². The maximum absolute atomic E-state index is 11.2. The third kappa shape index (κ3) is 4.05. The number of aliphatic hydroxyl groups excluding tert-OH is 1. The molecule has 26 heavy (non-hydrogen) atoms. The molecule has 2 N–H and O–H groups in total. The first-order chi connectivity index (χ1) is 12.5. The molecular weight excluding hydrogens is 336 g/mol. The molecule has 0 fully saturated rings. The molecule has 7 nitrogen and oxygen atoms in total. The normalized spacial score (nSPS) is 15.7. The van der Waals surface area contributed by atoms with E-state index in [1.54, 1.807) is 0 Å². The molecule has 2 aromatic rings. The van der Waals surface area contributed by atoms with Crippen molar-refractivity contribution in [2.45, 2.75) is 38.8 Å². The Morgan fingerprint density at radius 3 is 2.88 bits per heavy atom.